The molecule has 522 valence electrons. The molecule has 0 spiro atoms. The highest BCUT2D eigenvalue weighted by atomic mass is 35.5. The van der Waals surface area contributed by atoms with Crippen molar-refractivity contribution in [3.05, 3.63) is 159 Å². The maximum atomic E-state index is 13.1. The number of rotatable bonds is 24. The predicted molar refractivity (Wildman–Crippen MR) is 346 cm³/mol. The SMILES string of the molecule is CCOC(=O)C(=O)NC1CCCC1CNC(=O)c1ccc(Nc2nc(NC3(c4ccc(Cl)cc4)CC3)nc(OCC(F)(F)F)n2)cc1.O=C(NC1CCCC1CNC(=O)c1ccc(Nc2nc(NC3(c4ccc(Cl)cc4)CC3)nc(OCC(F)(F)F)n2)cc1)C(=O)Oc1ccc(F)cc1. The molecule has 11 rings (SSSR count). The van der Waals surface area contributed by atoms with E-state index in [0.717, 1.165) is 68.2 Å². The van der Waals surface area contributed by atoms with Gasteiger partial charge in [0.1, 0.15) is 11.6 Å². The molecule has 4 fully saturated rings. The number of esters is 2. The fraction of sp³-hybridized carbons (Fsp3) is 0.364. The second-order valence-corrected chi connectivity index (χ2v) is 24.6. The number of benzene rings is 5. The number of anilines is 6. The van der Waals surface area contributed by atoms with Crippen molar-refractivity contribution in [2.45, 2.75) is 107 Å². The average Bonchev–Trinajstić information content (AvgIpc) is 1.62. The second-order valence-electron chi connectivity index (χ2n) is 23.7. The van der Waals surface area contributed by atoms with Gasteiger partial charge in [-0.05, 0) is 178 Å². The molecule has 8 N–H and O–H groups in total. The number of amides is 4. The number of alkyl halides is 6. The highest BCUT2D eigenvalue weighted by Gasteiger charge is 2.47. The summed E-state index contributed by atoms with van der Waals surface area (Å²) in [6, 6.07) is 29.9. The number of hydrogen-bond acceptors (Lipinski definition) is 20. The van der Waals surface area contributed by atoms with Crippen LogP contribution in [0.5, 0.6) is 17.8 Å². The summed E-state index contributed by atoms with van der Waals surface area (Å²) in [7, 11) is 0. The van der Waals surface area contributed by atoms with Gasteiger partial charge in [-0.15, -0.1) is 0 Å². The molecule has 0 radical (unpaired) electrons. The molecule has 0 saturated heterocycles. The van der Waals surface area contributed by atoms with Crippen LogP contribution in [0.25, 0.3) is 0 Å². The quantitative estimate of drug-likeness (QED) is 0.0121. The Morgan fingerprint density at radius 3 is 1.28 bits per heavy atom. The zero-order valence-electron chi connectivity index (χ0n) is 52.6. The van der Waals surface area contributed by atoms with Gasteiger partial charge in [0.05, 0.1) is 17.7 Å². The predicted octanol–water partition coefficient (Wildman–Crippen LogP) is 11.0. The highest BCUT2D eigenvalue weighted by molar-refractivity contribution is 6.33. The number of ether oxygens (including phenoxy) is 4. The third-order valence-electron chi connectivity index (χ3n) is 16.4. The van der Waals surface area contributed by atoms with Crippen LogP contribution in [0.15, 0.2) is 121 Å². The number of nitrogens with one attached hydrogen (secondary N) is 8. The largest absolute Gasteiger partial charge is 0.459 e. The summed E-state index contributed by atoms with van der Waals surface area (Å²) in [6.45, 7) is -0.937. The first kappa shape index (κ1) is 71.6. The third kappa shape index (κ3) is 20.7. The number of halogens is 9. The molecule has 0 bridgehead atoms. The van der Waals surface area contributed by atoms with Gasteiger partial charge >= 0.3 is 48.1 Å². The molecule has 0 aliphatic heterocycles. The molecule has 24 nitrogen and oxygen atoms in total. The van der Waals surface area contributed by atoms with Gasteiger partial charge in [-0.1, -0.05) is 60.3 Å². The van der Waals surface area contributed by atoms with E-state index in [1.807, 2.05) is 24.3 Å². The highest BCUT2D eigenvalue weighted by Crippen LogP contribution is 2.49. The number of nitrogens with zero attached hydrogens (tertiary/aromatic N) is 6. The lowest BCUT2D eigenvalue weighted by Crippen LogP contribution is -2.45. The topological polar surface area (TPSA) is 313 Å². The van der Waals surface area contributed by atoms with E-state index in [1.165, 1.54) is 24.3 Å². The van der Waals surface area contributed by atoms with Gasteiger partial charge < -0.3 is 61.5 Å². The Labute approximate surface area is 571 Å². The monoisotopic (exact) mass is 1420 g/mol. The maximum Gasteiger partial charge on any atom is 0.422 e. The molecule has 4 unspecified atom stereocenters. The van der Waals surface area contributed by atoms with E-state index in [-0.39, 0.29) is 78.4 Å². The Morgan fingerprint density at radius 2 is 0.899 bits per heavy atom. The Kier molecular flexibility index (Phi) is 22.8. The van der Waals surface area contributed by atoms with E-state index in [9.17, 15) is 59.5 Å². The van der Waals surface area contributed by atoms with Crippen molar-refractivity contribution in [1.29, 1.82) is 0 Å². The minimum atomic E-state index is -4.61. The number of aromatic nitrogens is 6. The summed E-state index contributed by atoms with van der Waals surface area (Å²) in [5, 5.41) is 24.5. The molecule has 4 aliphatic rings. The lowest BCUT2D eigenvalue weighted by Gasteiger charge is -2.21. The number of carbonyl (C=O) groups excluding carboxylic acids is 6. The molecule has 2 heterocycles. The van der Waals surface area contributed by atoms with Crippen LogP contribution in [0.2, 0.25) is 10.0 Å². The van der Waals surface area contributed by atoms with Crippen LogP contribution in [0.4, 0.5) is 65.9 Å². The summed E-state index contributed by atoms with van der Waals surface area (Å²) in [5.74, 6) is -5.33. The second kappa shape index (κ2) is 31.6. The molecule has 4 saturated carbocycles. The first-order chi connectivity index (χ1) is 47.3. The fourth-order valence-electron chi connectivity index (χ4n) is 11.1. The average molecular weight is 1420 g/mol. The minimum Gasteiger partial charge on any atom is -0.459 e. The molecule has 7 aromatic rings. The van der Waals surface area contributed by atoms with Crippen LogP contribution < -0.4 is 56.7 Å². The summed E-state index contributed by atoms with van der Waals surface area (Å²) in [5.41, 5.74) is 2.36. The maximum absolute atomic E-state index is 13.1. The van der Waals surface area contributed by atoms with Crippen molar-refractivity contribution in [2.75, 3.05) is 54.2 Å². The molecular formula is C66H65Cl2F7N14O10. The summed E-state index contributed by atoms with van der Waals surface area (Å²) in [4.78, 5) is 99.1. The van der Waals surface area contributed by atoms with Crippen molar-refractivity contribution in [3.63, 3.8) is 0 Å². The van der Waals surface area contributed by atoms with Crippen molar-refractivity contribution in [2.24, 2.45) is 11.8 Å². The van der Waals surface area contributed by atoms with Crippen LogP contribution in [-0.2, 0) is 35.0 Å². The van der Waals surface area contributed by atoms with Gasteiger partial charge in [0.15, 0.2) is 13.2 Å². The lowest BCUT2D eigenvalue weighted by molar-refractivity contribution is -0.155. The summed E-state index contributed by atoms with van der Waals surface area (Å²) in [6.07, 6.45) is -1.87. The molecule has 33 heteroatoms. The molecular weight excluding hydrogens is 1350 g/mol. The molecule has 4 aliphatic carbocycles. The first-order valence-electron chi connectivity index (χ1n) is 31.3. The fourth-order valence-corrected chi connectivity index (χ4v) is 11.4. The lowest BCUT2D eigenvalue weighted by atomic mass is 10.0. The molecule has 4 atom stereocenters. The normalized spacial score (nSPS) is 17.8. The zero-order chi connectivity index (χ0) is 70.5. The van der Waals surface area contributed by atoms with Crippen molar-refractivity contribution in [3.8, 4) is 17.8 Å². The van der Waals surface area contributed by atoms with E-state index < -0.39 is 78.2 Å². The van der Waals surface area contributed by atoms with Gasteiger partial charge in [0.25, 0.3) is 11.8 Å². The van der Waals surface area contributed by atoms with Crippen molar-refractivity contribution in [1.82, 2.24) is 51.2 Å². The molecule has 4 amide bonds. The van der Waals surface area contributed by atoms with Crippen LogP contribution in [-0.4, -0.2) is 123 Å². The van der Waals surface area contributed by atoms with E-state index in [1.54, 1.807) is 67.6 Å². The smallest absolute Gasteiger partial charge is 0.422 e. The Balaban J connectivity index is 0.000000215. The number of carbonyl (C=O) groups is 6. The van der Waals surface area contributed by atoms with E-state index >= 15 is 0 Å². The minimum absolute atomic E-state index is 0.00398. The van der Waals surface area contributed by atoms with Crippen LogP contribution in [0.1, 0.15) is 103 Å². The van der Waals surface area contributed by atoms with E-state index in [2.05, 4.69) is 72.4 Å². The zero-order valence-corrected chi connectivity index (χ0v) is 54.1. The van der Waals surface area contributed by atoms with Gasteiger partial charge in [-0.2, -0.15) is 56.2 Å². The van der Waals surface area contributed by atoms with Crippen molar-refractivity contribution >= 4 is 93.9 Å². The third-order valence-corrected chi connectivity index (χ3v) is 16.9. The van der Waals surface area contributed by atoms with Gasteiger partial charge in [0.2, 0.25) is 23.8 Å². The standard InChI is InChI=1S/C35H32ClF4N7O5.C31H33ClF3N7O5/c36-23-8-6-22(7-9-23)34(16-17-34)47-32-44-31(45-33(46-32)51-19-35(38,39)40)42-25-12-4-20(5-13-25)28(48)41-18-21-2-1-3-27(21)43-29(49)30(50)52-26-14-10-24(37)11-15-26;1-2-46-26(45)25(44)38-23-5-3-4-19(23)16-36-24(43)18-6-12-22(13-7-18)37-27-39-28(41-29(40-27)47-17-31(33,34)35)42-30(14-15-30)20-8-10-21(32)11-9-20/h4-15,21,27H,1-3,16-19H2,(H,41,48)(H,43,49)(H2,42,44,45,46,47);6-13,19,23H,2-5,14-17H2,1H3,(H,36,43)(H,38,44)(H2,37,39,40,41,42). The van der Waals surface area contributed by atoms with Crippen LogP contribution in [0, 0.1) is 17.7 Å². The summed E-state index contributed by atoms with van der Waals surface area (Å²) >= 11 is 12.0. The van der Waals surface area contributed by atoms with Crippen LogP contribution >= 0.6 is 23.2 Å². The Morgan fingerprint density at radius 1 is 0.505 bits per heavy atom. The van der Waals surface area contributed by atoms with Gasteiger partial charge in [0, 0.05) is 57.7 Å². The van der Waals surface area contributed by atoms with Crippen molar-refractivity contribution < 1.29 is 78.4 Å². The first-order valence-corrected chi connectivity index (χ1v) is 32.1. The molecule has 2 aromatic heterocycles. The summed E-state index contributed by atoms with van der Waals surface area (Å²) < 4.78 is 110. The number of hydrogen-bond donors (Lipinski definition) is 8. The van der Waals surface area contributed by atoms with Crippen LogP contribution in [0.3, 0.4) is 0 Å². The van der Waals surface area contributed by atoms with Gasteiger partial charge in [-0.25, -0.2) is 14.0 Å². The Hall–Kier alpha value is -10.2. The Bertz CT molecular complexity index is 4010. The van der Waals surface area contributed by atoms with E-state index in [4.69, 9.17) is 42.1 Å². The van der Waals surface area contributed by atoms with Gasteiger partial charge in [-0.3, -0.25) is 19.2 Å². The molecule has 99 heavy (non-hydrogen) atoms. The molecule has 5 aromatic carbocycles. The van der Waals surface area contributed by atoms with E-state index in [0.29, 0.717) is 58.4 Å².